The Kier molecular flexibility index (Phi) is 6.64. The number of sulfonamides is 1. The van der Waals surface area contributed by atoms with Crippen LogP contribution in [0.2, 0.25) is 0 Å². The number of aliphatic hydroxyl groups excluding tert-OH is 2. The van der Waals surface area contributed by atoms with Gasteiger partial charge in [0.25, 0.3) is 5.91 Å². The Morgan fingerprint density at radius 1 is 1.17 bits per heavy atom. The Bertz CT molecular complexity index is 1380. The minimum absolute atomic E-state index is 0.00200. The maximum atomic E-state index is 12.5. The highest BCUT2D eigenvalue weighted by Crippen LogP contribution is 2.32. The third-order valence-electron chi connectivity index (χ3n) is 5.13. The largest absolute Gasteiger partial charge is 0.387 e. The number of rotatable bonds is 6. The first kappa shape index (κ1) is 24.4. The lowest BCUT2D eigenvalue weighted by Gasteiger charge is -2.16. The van der Waals surface area contributed by atoms with Crippen LogP contribution in [0.25, 0.3) is 11.2 Å². The molecule has 35 heavy (non-hydrogen) atoms. The molecule has 0 spiro atoms. The van der Waals surface area contributed by atoms with Crippen molar-refractivity contribution in [3.8, 4) is 0 Å². The maximum absolute atomic E-state index is 12.5. The van der Waals surface area contributed by atoms with Gasteiger partial charge in [0.15, 0.2) is 29.3 Å². The van der Waals surface area contributed by atoms with Crippen molar-refractivity contribution in [1.82, 2.24) is 24.8 Å². The van der Waals surface area contributed by atoms with Gasteiger partial charge in [-0.15, -0.1) is 0 Å². The first-order valence-electron chi connectivity index (χ1n) is 10.3. The zero-order valence-electron chi connectivity index (χ0n) is 18.2. The van der Waals surface area contributed by atoms with E-state index in [-0.39, 0.29) is 27.6 Å². The molecule has 4 atom stereocenters. The van der Waals surface area contributed by atoms with Crippen molar-refractivity contribution < 1.29 is 33.0 Å². The second kappa shape index (κ2) is 9.51. The number of hydrogen-bond donors (Lipinski definition) is 6. The fourth-order valence-electron chi connectivity index (χ4n) is 3.53. The van der Waals surface area contributed by atoms with Crippen molar-refractivity contribution in [2.24, 2.45) is 5.14 Å². The highest BCUT2D eigenvalue weighted by Gasteiger charge is 2.47. The summed E-state index contributed by atoms with van der Waals surface area (Å²) >= 11 is 0. The van der Waals surface area contributed by atoms with E-state index in [9.17, 15) is 28.2 Å². The Morgan fingerprint density at radius 2 is 1.94 bits per heavy atom. The van der Waals surface area contributed by atoms with Crippen LogP contribution in [0.1, 0.15) is 13.2 Å². The third-order valence-corrected chi connectivity index (χ3v) is 6.04. The zero-order valence-corrected chi connectivity index (χ0v) is 19.0. The van der Waals surface area contributed by atoms with E-state index in [0.29, 0.717) is 6.54 Å². The number of nitrogens with two attached hydrogens (primary N) is 1. The summed E-state index contributed by atoms with van der Waals surface area (Å²) in [7, 11) is -3.96. The van der Waals surface area contributed by atoms with Crippen LogP contribution in [0.4, 0.5) is 16.3 Å². The molecule has 16 heteroatoms. The number of amides is 3. The van der Waals surface area contributed by atoms with Crippen LogP contribution in [0, 0.1) is 0 Å². The van der Waals surface area contributed by atoms with Crippen LogP contribution in [-0.4, -0.2) is 74.9 Å². The lowest BCUT2D eigenvalue weighted by Crippen LogP contribution is -2.42. The number of aliphatic hydroxyl groups is 2. The van der Waals surface area contributed by atoms with E-state index in [1.54, 1.807) is 6.92 Å². The molecule has 1 saturated heterocycles. The molecular weight excluding hydrogens is 484 g/mol. The first-order valence-corrected chi connectivity index (χ1v) is 11.8. The lowest BCUT2D eigenvalue weighted by atomic mass is 10.1. The molecular formula is C19H22N8O7S. The molecule has 4 rings (SSSR count). The van der Waals surface area contributed by atoms with E-state index in [2.05, 4.69) is 30.9 Å². The van der Waals surface area contributed by atoms with Crippen molar-refractivity contribution in [2.75, 3.05) is 17.2 Å². The number of fused-ring (bicyclic) bond motifs is 1. The van der Waals surface area contributed by atoms with Crippen molar-refractivity contribution in [3.63, 3.8) is 0 Å². The van der Waals surface area contributed by atoms with Gasteiger partial charge in [0.1, 0.15) is 18.5 Å². The molecule has 0 aliphatic carbocycles. The van der Waals surface area contributed by atoms with Gasteiger partial charge in [0, 0.05) is 12.2 Å². The number of benzene rings is 1. The summed E-state index contributed by atoms with van der Waals surface area (Å²) in [5.41, 5.74) is 0.449. The normalized spacial score (nSPS) is 22.2. The predicted molar refractivity (Wildman–Crippen MR) is 120 cm³/mol. The number of carbonyl (C=O) groups excluding carboxylic acids is 2. The topological polar surface area (TPSA) is 224 Å². The fourth-order valence-corrected chi connectivity index (χ4v) is 4.09. The number of aromatic nitrogens is 4. The van der Waals surface area contributed by atoms with Gasteiger partial charge in [-0.05, 0) is 25.1 Å². The molecule has 3 aromatic rings. The van der Waals surface area contributed by atoms with Gasteiger partial charge in [-0.25, -0.2) is 33.3 Å². The summed E-state index contributed by atoms with van der Waals surface area (Å²) in [5, 5.41) is 33.3. The molecule has 1 aliphatic rings. The average Bonchev–Trinajstić information content (AvgIpc) is 3.35. The summed E-state index contributed by atoms with van der Waals surface area (Å²) in [4.78, 5) is 36.7. The summed E-state index contributed by atoms with van der Waals surface area (Å²) in [6.07, 6.45) is -3.02. The van der Waals surface area contributed by atoms with Crippen LogP contribution in [-0.2, 0) is 19.6 Å². The number of urea groups is 1. The van der Waals surface area contributed by atoms with Gasteiger partial charge in [-0.1, -0.05) is 6.07 Å². The SMILES string of the molecule is CCNC(=O)[C@H]1O[C@@H](n2cnc3c(NC(=O)Nc4cccc(S(N)(=O)=O)c4)ncnc32)C(O)C1O. The van der Waals surface area contributed by atoms with Crippen LogP contribution in [0.15, 0.2) is 41.8 Å². The molecule has 15 nitrogen and oxygen atoms in total. The van der Waals surface area contributed by atoms with Crippen molar-refractivity contribution >= 4 is 44.6 Å². The van der Waals surface area contributed by atoms with E-state index < -0.39 is 46.5 Å². The highest BCUT2D eigenvalue weighted by atomic mass is 32.2. The van der Waals surface area contributed by atoms with E-state index >= 15 is 0 Å². The Balaban J connectivity index is 1.55. The molecule has 3 heterocycles. The Labute approximate surface area is 198 Å². The second-order valence-corrected chi connectivity index (χ2v) is 9.08. The van der Waals surface area contributed by atoms with Crippen LogP contribution in [0.5, 0.6) is 0 Å². The number of primary sulfonamides is 1. The smallest absolute Gasteiger partial charge is 0.324 e. The highest BCUT2D eigenvalue weighted by molar-refractivity contribution is 7.89. The van der Waals surface area contributed by atoms with Gasteiger partial charge >= 0.3 is 6.03 Å². The minimum atomic E-state index is -3.96. The number of imidazole rings is 1. The van der Waals surface area contributed by atoms with Crippen LogP contribution < -0.4 is 21.1 Å². The fraction of sp³-hybridized carbons (Fsp3) is 0.316. The van der Waals surface area contributed by atoms with Crippen LogP contribution >= 0.6 is 0 Å². The number of likely N-dealkylation sites (N-methyl/N-ethyl adjacent to an activating group) is 1. The number of ether oxygens (including phenoxy) is 1. The lowest BCUT2D eigenvalue weighted by molar-refractivity contribution is -0.137. The van der Waals surface area contributed by atoms with Crippen molar-refractivity contribution in [1.29, 1.82) is 0 Å². The minimum Gasteiger partial charge on any atom is -0.387 e. The number of anilines is 2. The number of nitrogens with zero attached hydrogens (tertiary/aromatic N) is 4. The summed E-state index contributed by atoms with van der Waals surface area (Å²) in [6.45, 7) is 2.02. The summed E-state index contributed by atoms with van der Waals surface area (Å²) in [6, 6.07) is 4.60. The van der Waals surface area contributed by atoms with Gasteiger partial charge in [0.2, 0.25) is 10.0 Å². The molecule has 1 aromatic carbocycles. The number of carbonyl (C=O) groups is 2. The molecule has 3 amide bonds. The standard InChI is InChI=1S/C19H22N8O7S/c1-2-21-17(30)14-12(28)13(29)18(34-14)27-8-24-11-15(22-7-23-16(11)27)26-19(31)25-9-4-3-5-10(6-9)35(20,32)33/h3-8,12-14,18,28-29H,2H2,1H3,(H,21,30)(H2,20,32,33)(H2,22,23,25,26,31)/t12?,13?,14-,18+/m0/s1. The summed E-state index contributed by atoms with van der Waals surface area (Å²) < 4.78 is 29.9. The van der Waals surface area contributed by atoms with E-state index in [0.717, 1.165) is 6.33 Å². The third kappa shape index (κ3) is 4.91. The van der Waals surface area contributed by atoms with Gasteiger partial charge < -0.3 is 25.6 Å². The second-order valence-electron chi connectivity index (χ2n) is 7.52. The Morgan fingerprint density at radius 3 is 2.66 bits per heavy atom. The van der Waals surface area contributed by atoms with Gasteiger partial charge in [0.05, 0.1) is 11.2 Å². The maximum Gasteiger partial charge on any atom is 0.324 e. The van der Waals surface area contributed by atoms with E-state index in [4.69, 9.17) is 9.88 Å². The number of hydrogen-bond acceptors (Lipinski definition) is 10. The average molecular weight is 507 g/mol. The monoisotopic (exact) mass is 506 g/mol. The van der Waals surface area contributed by atoms with Crippen molar-refractivity contribution in [2.45, 2.75) is 36.4 Å². The van der Waals surface area contributed by atoms with E-state index in [1.807, 2.05) is 0 Å². The molecule has 1 aliphatic heterocycles. The molecule has 0 bridgehead atoms. The van der Waals surface area contributed by atoms with E-state index in [1.165, 1.54) is 35.2 Å². The molecule has 0 saturated carbocycles. The molecule has 186 valence electrons. The molecule has 1 fully saturated rings. The molecule has 2 aromatic heterocycles. The summed E-state index contributed by atoms with van der Waals surface area (Å²) in [5.74, 6) is -0.576. The van der Waals surface area contributed by atoms with Crippen LogP contribution in [0.3, 0.4) is 0 Å². The molecule has 2 unspecified atom stereocenters. The number of nitrogens with one attached hydrogen (secondary N) is 3. The Hall–Kier alpha value is -3.70. The molecule has 0 radical (unpaired) electrons. The molecule has 7 N–H and O–H groups in total. The van der Waals surface area contributed by atoms with Gasteiger partial charge in [-0.2, -0.15) is 0 Å². The predicted octanol–water partition coefficient (Wildman–Crippen LogP) is -1.13. The zero-order chi connectivity index (χ0) is 25.3. The quantitative estimate of drug-likeness (QED) is 0.236. The van der Waals surface area contributed by atoms with Crippen molar-refractivity contribution in [3.05, 3.63) is 36.9 Å². The first-order chi connectivity index (χ1) is 16.6. The van der Waals surface area contributed by atoms with Gasteiger partial charge in [-0.3, -0.25) is 14.7 Å².